The molecule has 1 nitrogen and oxygen atoms in total. The van der Waals surface area contributed by atoms with Crippen LogP contribution in [0, 0.1) is 0 Å². The van der Waals surface area contributed by atoms with Crippen molar-refractivity contribution in [2.75, 3.05) is 0 Å². The topological polar surface area (TPSA) is 9.23 Å². The summed E-state index contributed by atoms with van der Waals surface area (Å²) in [6, 6.07) is 12.7. The van der Waals surface area contributed by atoms with Gasteiger partial charge in [-0.25, -0.2) is 0 Å². The summed E-state index contributed by atoms with van der Waals surface area (Å²) in [6.45, 7) is 0. The fourth-order valence-corrected chi connectivity index (χ4v) is 6.59. The van der Waals surface area contributed by atoms with E-state index < -0.39 is 142 Å². The summed E-state index contributed by atoms with van der Waals surface area (Å²) in [7, 11) is 0. The van der Waals surface area contributed by atoms with E-state index in [0.717, 1.165) is 21.9 Å². The van der Waals surface area contributed by atoms with Gasteiger partial charge in [-0.2, -0.15) is 0 Å². The normalized spacial score (nSPS) is 17.9. The third-order valence-electron chi connectivity index (χ3n) is 8.61. The van der Waals surface area contributed by atoms with Crippen molar-refractivity contribution in [2.24, 2.45) is 0 Å². The van der Waals surface area contributed by atoms with Crippen molar-refractivity contribution in [2.45, 2.75) is 5.41 Å². The van der Waals surface area contributed by atoms with E-state index in [1.807, 2.05) is 66.7 Å². The second kappa shape index (κ2) is 11.6. The average molecular weight is 630 g/mol. The molecule has 48 heavy (non-hydrogen) atoms. The highest BCUT2D eigenvalue weighted by molar-refractivity contribution is 6.08. The maximum absolute atomic E-state index is 10.00. The van der Waals surface area contributed by atoms with Crippen LogP contribution in [0.5, 0.6) is 11.5 Å². The molecule has 0 fully saturated rings. The molecule has 0 radical (unpaired) electrons. The van der Waals surface area contributed by atoms with Gasteiger partial charge in [-0.15, -0.1) is 0 Å². The Morgan fingerprint density at radius 1 is 0.417 bits per heavy atom. The lowest BCUT2D eigenvalue weighted by Crippen LogP contribution is -2.34. The molecule has 0 atom stereocenters. The van der Waals surface area contributed by atoms with E-state index >= 15 is 0 Å². The number of ether oxygens (including phenoxy) is 1. The Bertz CT molecular complexity index is 3220. The van der Waals surface area contributed by atoms with E-state index in [2.05, 4.69) is 0 Å². The van der Waals surface area contributed by atoms with E-state index in [4.69, 9.17) is 17.1 Å². The first kappa shape index (κ1) is 15.6. The highest BCUT2D eigenvalue weighted by Gasteiger charge is 2.45. The molecule has 226 valence electrons. The first-order valence-electron chi connectivity index (χ1n) is 23.6. The molecule has 0 unspecified atom stereocenters. The van der Waals surface area contributed by atoms with Crippen LogP contribution >= 0.6 is 0 Å². The van der Waals surface area contributed by atoms with Crippen molar-refractivity contribution < 1.29 is 28.0 Å². The van der Waals surface area contributed by atoms with E-state index in [9.17, 15) is 11.0 Å². The first-order valence-corrected chi connectivity index (χ1v) is 15.1. The number of hydrogen-bond acceptors (Lipinski definition) is 1. The van der Waals surface area contributed by atoms with Crippen molar-refractivity contribution in [1.29, 1.82) is 0 Å². The summed E-state index contributed by atoms with van der Waals surface area (Å²) in [5, 5.41) is 1.71. The molecule has 8 aromatic rings. The summed E-state index contributed by atoms with van der Waals surface area (Å²) in [5.74, 6) is -1.43. The van der Waals surface area contributed by atoms with Crippen LogP contribution in [0.1, 0.15) is 45.6 Å². The van der Waals surface area contributed by atoms with Gasteiger partial charge in [0.15, 0.2) is 0 Å². The van der Waals surface area contributed by atoms with Crippen LogP contribution < -0.4 is 4.74 Å². The monoisotopic (exact) mass is 629 g/mol. The number of hydrogen-bond donors (Lipinski definition) is 0. The Morgan fingerprint density at radius 3 is 1.73 bits per heavy atom. The molecule has 0 spiro atoms. The second-order valence-electron chi connectivity index (χ2n) is 11.1. The second-order valence-corrected chi connectivity index (χ2v) is 11.1. The van der Waals surface area contributed by atoms with Crippen LogP contribution in [0.15, 0.2) is 194 Å². The van der Waals surface area contributed by atoms with Gasteiger partial charge in [-0.3, -0.25) is 0 Å². The van der Waals surface area contributed by atoms with Crippen LogP contribution in [0.4, 0.5) is 0 Å². The molecule has 9 rings (SSSR count). The number of rotatable bonds is 5. The van der Waals surface area contributed by atoms with Gasteiger partial charge in [0, 0.05) is 11.1 Å². The third-order valence-corrected chi connectivity index (χ3v) is 8.61. The maximum Gasteiger partial charge on any atom is 0.132 e. The van der Waals surface area contributed by atoms with Crippen molar-refractivity contribution >= 4 is 10.8 Å². The Labute approximate surface area is 305 Å². The fraction of sp³-hybridized carbons (Fsp3) is 0.0213. The molecular formula is C47H32O. The third kappa shape index (κ3) is 4.40. The van der Waals surface area contributed by atoms with Gasteiger partial charge in [-0.05, 0) is 67.4 Å². The largest absolute Gasteiger partial charge is 0.457 e. The van der Waals surface area contributed by atoms with Gasteiger partial charge in [0.25, 0.3) is 0 Å². The minimum atomic E-state index is -3.03. The Balaban J connectivity index is 1.50. The Morgan fingerprint density at radius 2 is 1.00 bits per heavy atom. The lowest BCUT2D eigenvalue weighted by molar-refractivity contribution is 0.435. The molecule has 1 heterocycles. The van der Waals surface area contributed by atoms with Gasteiger partial charge in [0.05, 0.1) is 28.7 Å². The molecule has 1 aliphatic heterocycles. The van der Waals surface area contributed by atoms with E-state index in [0.29, 0.717) is 11.1 Å². The van der Waals surface area contributed by atoms with Gasteiger partial charge in [-0.1, -0.05) is 182 Å². The lowest BCUT2D eigenvalue weighted by atomic mass is 9.63. The van der Waals surface area contributed by atoms with Crippen LogP contribution in [0.3, 0.4) is 0 Å². The Kier molecular flexibility index (Phi) is 3.76. The van der Waals surface area contributed by atoms with Crippen molar-refractivity contribution in [3.8, 4) is 44.9 Å². The van der Waals surface area contributed by atoms with Crippen molar-refractivity contribution in [3.05, 3.63) is 216 Å². The van der Waals surface area contributed by atoms with E-state index in [1.54, 1.807) is 24.3 Å². The van der Waals surface area contributed by atoms with Gasteiger partial charge < -0.3 is 4.74 Å². The first-order chi connectivity index (χ1) is 30.9. The predicted molar refractivity (Wildman–Crippen MR) is 199 cm³/mol. The molecule has 0 saturated carbocycles. The van der Waals surface area contributed by atoms with E-state index in [1.165, 1.54) is 0 Å². The molecular weight excluding hydrogens is 581 g/mol. The molecule has 1 heteroatoms. The lowest BCUT2D eigenvalue weighted by Gasteiger charge is -2.41. The molecule has 8 aromatic carbocycles. The molecule has 0 amide bonds. The number of benzene rings is 8. The highest BCUT2D eigenvalue weighted by atomic mass is 16.5. The quantitative estimate of drug-likeness (QED) is 0.184. The summed E-state index contributed by atoms with van der Waals surface area (Å²) in [5.41, 5.74) is -3.14. The zero-order chi connectivity index (χ0) is 46.7. The molecule has 0 aliphatic carbocycles. The number of para-hydroxylation sites is 1. The summed E-state index contributed by atoms with van der Waals surface area (Å²) < 4.78 is 162. The zero-order valence-corrected chi connectivity index (χ0v) is 25.1. The summed E-state index contributed by atoms with van der Waals surface area (Å²) >= 11 is 0. The summed E-state index contributed by atoms with van der Waals surface area (Å²) in [6.07, 6.45) is 0. The van der Waals surface area contributed by atoms with Crippen molar-refractivity contribution in [1.82, 2.24) is 0 Å². The minimum Gasteiger partial charge on any atom is -0.457 e. The van der Waals surface area contributed by atoms with Gasteiger partial charge in [0.2, 0.25) is 0 Å². The highest BCUT2D eigenvalue weighted by Crippen LogP contribution is 2.56. The fourth-order valence-electron chi connectivity index (χ4n) is 6.59. The molecule has 0 saturated heterocycles. The van der Waals surface area contributed by atoms with Crippen LogP contribution in [-0.2, 0) is 5.41 Å². The summed E-state index contributed by atoms with van der Waals surface area (Å²) in [4.78, 5) is 0. The molecule has 1 aliphatic rings. The zero-order valence-electron chi connectivity index (χ0n) is 42.1. The maximum atomic E-state index is 10.00. The van der Waals surface area contributed by atoms with Crippen LogP contribution in [0.2, 0.25) is 0 Å². The standard InChI is InChI=1S/C47H32O/c1-4-16-33(17-5-1)39-26-14-18-34-19-15-27-41(46(34)39)40-25-11-10-24-38(40)35-30-31-43-45(32-35)48-44-29-13-12-28-42(44)47(43,36-20-6-2-7-21-36)37-22-8-3-9-23-37/h1-32H/i2D,3D,6D,7D,8D,9D,12D,13D,20D,21D,22D,23D,28D,29D,30D,31D,32D. The SMILES string of the molecule is [2H]c1c([2H])c([2H])c(C2(c3c([2H])c([2H])c([2H])c([2H])c3[2H])c3c([2H])c([2H])c([2H])c([2H])c3Oc3c([2H])c(-c4ccccc4-c4cccc5cccc(-c6ccccc6)c45)c([2H])c([2H])c32)c([2H])c1[2H]. The minimum absolute atomic E-state index is 0.196. The Hall–Kier alpha value is -6.18. The van der Waals surface area contributed by atoms with Crippen molar-refractivity contribution in [3.63, 3.8) is 0 Å². The van der Waals surface area contributed by atoms with Gasteiger partial charge >= 0.3 is 0 Å². The van der Waals surface area contributed by atoms with Gasteiger partial charge in [0.1, 0.15) is 11.5 Å². The number of fused-ring (bicyclic) bond motifs is 3. The average Bonchev–Trinajstić information content (AvgIpc) is 3.31. The van der Waals surface area contributed by atoms with Crippen LogP contribution in [0.25, 0.3) is 44.2 Å². The molecule has 0 bridgehead atoms. The smallest absolute Gasteiger partial charge is 0.132 e. The molecule has 0 N–H and O–H groups in total. The van der Waals surface area contributed by atoms with E-state index in [-0.39, 0.29) is 11.1 Å². The predicted octanol–water partition coefficient (Wildman–Crippen LogP) is 12.3. The molecule has 0 aromatic heterocycles. The van der Waals surface area contributed by atoms with Crippen LogP contribution in [-0.4, -0.2) is 0 Å².